The highest BCUT2D eigenvalue weighted by molar-refractivity contribution is 5.83. The summed E-state index contributed by atoms with van der Waals surface area (Å²) in [6.07, 6.45) is -1.18. The smallest absolute Gasteiger partial charge is 0.408 e. The molecule has 1 aliphatic rings. The van der Waals surface area contributed by atoms with Gasteiger partial charge in [-0.3, -0.25) is 4.79 Å². The minimum Gasteiger partial charge on any atom is -0.480 e. The number of ether oxygens (including phenoxy) is 2. The SMILES string of the molecule is CC(C)(C)OC(=O)N[C@@H](C[C@H](N)C(=O)O)C(=O)OCC1c2ccccc2-c2ccccc21. The van der Waals surface area contributed by atoms with Crippen LogP contribution in [0.15, 0.2) is 48.5 Å². The summed E-state index contributed by atoms with van der Waals surface area (Å²) >= 11 is 0. The molecular weight excluding hydrogens is 412 g/mol. The molecule has 8 heteroatoms. The van der Waals surface area contributed by atoms with Crippen LogP contribution in [0.3, 0.4) is 0 Å². The Labute approximate surface area is 186 Å². The lowest BCUT2D eigenvalue weighted by Gasteiger charge is -2.24. The van der Waals surface area contributed by atoms with Crippen LogP contribution in [0.5, 0.6) is 0 Å². The molecule has 0 heterocycles. The molecule has 170 valence electrons. The highest BCUT2D eigenvalue weighted by Gasteiger charge is 2.33. The van der Waals surface area contributed by atoms with E-state index in [0.29, 0.717) is 0 Å². The standard InChI is InChI=1S/C24H28N2O6/c1-24(2,3)32-23(30)26-20(12-19(25)21(27)28)22(29)31-13-18-16-10-6-4-8-14(16)15-9-5-7-11-17(15)18/h4-11,18-20H,12-13,25H2,1-3H3,(H,26,30)(H,27,28)/t19-,20-/m0/s1. The van der Waals surface area contributed by atoms with Crippen LogP contribution in [-0.2, 0) is 19.1 Å². The average molecular weight is 440 g/mol. The molecule has 3 rings (SSSR count). The number of fused-ring (bicyclic) bond motifs is 3. The predicted octanol–water partition coefficient (Wildman–Crippen LogP) is 3.04. The minimum atomic E-state index is -1.35. The van der Waals surface area contributed by atoms with Gasteiger partial charge in [0.1, 0.15) is 24.3 Å². The van der Waals surface area contributed by atoms with Gasteiger partial charge in [-0.2, -0.15) is 0 Å². The number of alkyl carbamates (subject to hydrolysis) is 1. The molecule has 0 fully saturated rings. The monoisotopic (exact) mass is 440 g/mol. The number of nitrogens with two attached hydrogens (primary N) is 1. The third-order valence-electron chi connectivity index (χ3n) is 5.14. The molecule has 2 aromatic carbocycles. The zero-order chi connectivity index (χ0) is 23.5. The van der Waals surface area contributed by atoms with Crippen LogP contribution < -0.4 is 11.1 Å². The molecule has 32 heavy (non-hydrogen) atoms. The van der Waals surface area contributed by atoms with Gasteiger partial charge in [0.05, 0.1) is 0 Å². The van der Waals surface area contributed by atoms with Crippen molar-refractivity contribution in [3.8, 4) is 11.1 Å². The van der Waals surface area contributed by atoms with E-state index >= 15 is 0 Å². The lowest BCUT2D eigenvalue weighted by Crippen LogP contribution is -2.48. The minimum absolute atomic E-state index is 0.0433. The van der Waals surface area contributed by atoms with Gasteiger partial charge in [0.15, 0.2) is 0 Å². The highest BCUT2D eigenvalue weighted by Crippen LogP contribution is 2.44. The molecule has 0 unspecified atom stereocenters. The van der Waals surface area contributed by atoms with E-state index < -0.39 is 35.7 Å². The second kappa shape index (κ2) is 9.40. The topological polar surface area (TPSA) is 128 Å². The van der Waals surface area contributed by atoms with Gasteiger partial charge in [-0.25, -0.2) is 9.59 Å². The summed E-state index contributed by atoms with van der Waals surface area (Å²) < 4.78 is 10.7. The number of carboxylic acid groups (broad SMARTS) is 1. The number of hydrogen-bond acceptors (Lipinski definition) is 6. The van der Waals surface area contributed by atoms with E-state index in [1.54, 1.807) is 20.8 Å². The molecule has 2 aromatic rings. The fraction of sp³-hybridized carbons (Fsp3) is 0.375. The molecule has 0 spiro atoms. The zero-order valence-electron chi connectivity index (χ0n) is 18.3. The first-order chi connectivity index (χ1) is 15.1. The Morgan fingerprint density at radius 3 is 2.06 bits per heavy atom. The van der Waals surface area contributed by atoms with Gasteiger partial charge in [0.2, 0.25) is 0 Å². The number of esters is 1. The number of benzene rings is 2. The van der Waals surface area contributed by atoms with Crippen molar-refractivity contribution in [1.29, 1.82) is 0 Å². The molecule has 8 nitrogen and oxygen atoms in total. The fourth-order valence-corrected chi connectivity index (χ4v) is 3.72. The van der Waals surface area contributed by atoms with E-state index in [4.69, 9.17) is 20.3 Å². The third-order valence-corrected chi connectivity index (χ3v) is 5.14. The maximum atomic E-state index is 12.8. The number of nitrogens with one attached hydrogen (secondary N) is 1. The Hall–Kier alpha value is -3.39. The lowest BCUT2D eigenvalue weighted by atomic mass is 9.98. The number of aliphatic carboxylic acids is 1. The van der Waals surface area contributed by atoms with Crippen molar-refractivity contribution < 1.29 is 29.0 Å². The van der Waals surface area contributed by atoms with Crippen LogP contribution in [0.1, 0.15) is 44.2 Å². The normalized spacial score (nSPS) is 14.6. The summed E-state index contributed by atoms with van der Waals surface area (Å²) in [6, 6.07) is 13.2. The molecule has 4 N–H and O–H groups in total. The fourth-order valence-electron chi connectivity index (χ4n) is 3.72. The largest absolute Gasteiger partial charge is 0.480 e. The van der Waals surface area contributed by atoms with E-state index in [2.05, 4.69) is 5.32 Å². The Bertz CT molecular complexity index is 968. The van der Waals surface area contributed by atoms with E-state index in [1.807, 2.05) is 48.5 Å². The van der Waals surface area contributed by atoms with Gasteiger partial charge >= 0.3 is 18.0 Å². The molecule has 1 amide bonds. The Balaban J connectivity index is 1.74. The quantitative estimate of drug-likeness (QED) is 0.565. The average Bonchev–Trinajstić information content (AvgIpc) is 3.04. The Morgan fingerprint density at radius 1 is 1.03 bits per heavy atom. The summed E-state index contributed by atoms with van der Waals surface area (Å²) in [4.78, 5) is 36.2. The summed E-state index contributed by atoms with van der Waals surface area (Å²) in [5.74, 6) is -2.22. The van der Waals surface area contributed by atoms with Crippen molar-refractivity contribution in [2.45, 2.75) is 50.8 Å². The van der Waals surface area contributed by atoms with Crippen LogP contribution in [0.2, 0.25) is 0 Å². The number of carbonyl (C=O) groups excluding carboxylic acids is 2. The molecule has 1 aliphatic carbocycles. The summed E-state index contributed by atoms with van der Waals surface area (Å²) in [5.41, 5.74) is 9.07. The maximum absolute atomic E-state index is 12.8. The molecule has 0 saturated heterocycles. The molecule has 0 aliphatic heterocycles. The highest BCUT2D eigenvalue weighted by atomic mass is 16.6. The summed E-state index contributed by atoms with van der Waals surface area (Å²) in [6.45, 7) is 5.08. The van der Waals surface area contributed by atoms with Crippen LogP contribution in [0, 0.1) is 0 Å². The molecule has 0 radical (unpaired) electrons. The number of carbonyl (C=O) groups is 3. The van der Waals surface area contributed by atoms with Crippen LogP contribution >= 0.6 is 0 Å². The Kier molecular flexibility index (Phi) is 6.84. The predicted molar refractivity (Wildman–Crippen MR) is 118 cm³/mol. The first kappa shape index (κ1) is 23.3. The zero-order valence-corrected chi connectivity index (χ0v) is 18.3. The first-order valence-corrected chi connectivity index (χ1v) is 10.4. The van der Waals surface area contributed by atoms with Gasteiger partial charge in [-0.15, -0.1) is 0 Å². The number of rotatable bonds is 7. The second-order valence-electron chi connectivity index (χ2n) is 8.74. The molecule has 0 aromatic heterocycles. The van der Waals surface area contributed by atoms with Crippen LogP contribution in [0.4, 0.5) is 4.79 Å². The van der Waals surface area contributed by atoms with Crippen molar-refractivity contribution >= 4 is 18.0 Å². The van der Waals surface area contributed by atoms with Crippen molar-refractivity contribution in [2.24, 2.45) is 5.73 Å². The summed E-state index contributed by atoms with van der Waals surface area (Å²) in [7, 11) is 0. The van der Waals surface area contributed by atoms with Crippen molar-refractivity contribution in [1.82, 2.24) is 5.32 Å². The van der Waals surface area contributed by atoms with Crippen LogP contribution in [-0.4, -0.2) is 47.4 Å². The number of hydrogen-bond donors (Lipinski definition) is 3. The van der Waals surface area contributed by atoms with Crippen molar-refractivity contribution in [3.63, 3.8) is 0 Å². The van der Waals surface area contributed by atoms with Gasteiger partial charge in [0.25, 0.3) is 0 Å². The lowest BCUT2D eigenvalue weighted by molar-refractivity contribution is -0.147. The van der Waals surface area contributed by atoms with Gasteiger partial charge in [-0.1, -0.05) is 48.5 Å². The van der Waals surface area contributed by atoms with Crippen molar-refractivity contribution in [2.75, 3.05) is 6.61 Å². The van der Waals surface area contributed by atoms with E-state index in [0.717, 1.165) is 22.3 Å². The molecule has 0 bridgehead atoms. The third kappa shape index (κ3) is 5.45. The Morgan fingerprint density at radius 2 is 1.56 bits per heavy atom. The van der Waals surface area contributed by atoms with Gasteiger partial charge in [0, 0.05) is 12.3 Å². The number of amides is 1. The molecular formula is C24H28N2O6. The number of carboxylic acids is 1. The summed E-state index contributed by atoms with van der Waals surface area (Å²) in [5, 5.41) is 11.5. The molecule has 0 saturated carbocycles. The first-order valence-electron chi connectivity index (χ1n) is 10.4. The van der Waals surface area contributed by atoms with E-state index in [-0.39, 0.29) is 18.9 Å². The second-order valence-corrected chi connectivity index (χ2v) is 8.74. The van der Waals surface area contributed by atoms with Crippen LogP contribution in [0.25, 0.3) is 11.1 Å². The van der Waals surface area contributed by atoms with Gasteiger partial charge < -0.3 is 25.6 Å². The maximum Gasteiger partial charge on any atom is 0.408 e. The van der Waals surface area contributed by atoms with Gasteiger partial charge in [-0.05, 0) is 43.0 Å². The van der Waals surface area contributed by atoms with E-state index in [9.17, 15) is 14.4 Å². The molecule has 2 atom stereocenters. The van der Waals surface area contributed by atoms with E-state index in [1.165, 1.54) is 0 Å². The van der Waals surface area contributed by atoms with Crippen molar-refractivity contribution in [3.05, 3.63) is 59.7 Å².